The lowest BCUT2D eigenvalue weighted by Crippen LogP contribution is -2.07. The Morgan fingerprint density at radius 3 is 2.50 bits per heavy atom. The standard InChI is InChI=1S/C9H12FNO2S/c1-11-6-7-3-4-9(8(10)5-7)14(2,12)13/h3-5,11H,6H2,1-2H3. The maximum Gasteiger partial charge on any atom is 0.178 e. The van der Waals surface area contributed by atoms with Gasteiger partial charge in [-0.3, -0.25) is 0 Å². The Kier molecular flexibility index (Phi) is 3.23. The normalized spacial score (nSPS) is 11.6. The van der Waals surface area contributed by atoms with Crippen molar-refractivity contribution in [1.82, 2.24) is 5.32 Å². The predicted octanol–water partition coefficient (Wildman–Crippen LogP) is 0.949. The Morgan fingerprint density at radius 2 is 2.07 bits per heavy atom. The van der Waals surface area contributed by atoms with Gasteiger partial charge in [0.1, 0.15) is 10.7 Å². The maximum absolute atomic E-state index is 13.3. The Labute approximate surface area is 82.9 Å². The lowest BCUT2D eigenvalue weighted by molar-refractivity contribution is 0.569. The summed E-state index contributed by atoms with van der Waals surface area (Å²) in [6, 6.07) is 4.11. The SMILES string of the molecule is CNCc1ccc(S(C)(=O)=O)c(F)c1. The van der Waals surface area contributed by atoms with Crippen LogP contribution in [-0.2, 0) is 16.4 Å². The van der Waals surface area contributed by atoms with E-state index in [4.69, 9.17) is 0 Å². The summed E-state index contributed by atoms with van der Waals surface area (Å²) in [6.45, 7) is 0.515. The van der Waals surface area contributed by atoms with Gasteiger partial charge in [0.25, 0.3) is 0 Å². The summed E-state index contributed by atoms with van der Waals surface area (Å²) < 4.78 is 35.4. The van der Waals surface area contributed by atoms with Gasteiger partial charge in [-0.05, 0) is 24.7 Å². The van der Waals surface area contributed by atoms with Crippen LogP contribution in [0.5, 0.6) is 0 Å². The summed E-state index contributed by atoms with van der Waals surface area (Å²) in [5, 5.41) is 2.85. The molecule has 78 valence electrons. The van der Waals surface area contributed by atoms with Crippen LogP contribution in [0.15, 0.2) is 23.1 Å². The average Bonchev–Trinajstić information content (AvgIpc) is 2.02. The molecule has 5 heteroatoms. The monoisotopic (exact) mass is 217 g/mol. The Balaban J connectivity index is 3.15. The molecule has 0 aromatic heterocycles. The number of hydrogen-bond acceptors (Lipinski definition) is 3. The molecule has 1 rings (SSSR count). The molecule has 3 nitrogen and oxygen atoms in total. The third-order valence-electron chi connectivity index (χ3n) is 1.78. The molecule has 0 saturated carbocycles. The molecular formula is C9H12FNO2S. The second-order valence-electron chi connectivity index (χ2n) is 3.07. The van der Waals surface area contributed by atoms with Gasteiger partial charge in [0.15, 0.2) is 9.84 Å². The minimum atomic E-state index is -3.46. The van der Waals surface area contributed by atoms with Crippen LogP contribution in [0, 0.1) is 5.82 Å². The van der Waals surface area contributed by atoms with Gasteiger partial charge >= 0.3 is 0 Å². The van der Waals surface area contributed by atoms with E-state index in [0.29, 0.717) is 6.54 Å². The van der Waals surface area contributed by atoms with Crippen molar-refractivity contribution in [2.75, 3.05) is 13.3 Å². The molecule has 0 atom stereocenters. The molecule has 0 amide bonds. The molecule has 0 radical (unpaired) electrons. The second-order valence-corrected chi connectivity index (χ2v) is 5.05. The van der Waals surface area contributed by atoms with Crippen molar-refractivity contribution >= 4 is 9.84 Å². The van der Waals surface area contributed by atoms with Gasteiger partial charge < -0.3 is 5.32 Å². The number of halogens is 1. The van der Waals surface area contributed by atoms with Crippen LogP contribution >= 0.6 is 0 Å². The van der Waals surface area contributed by atoms with Gasteiger partial charge in [-0.25, -0.2) is 12.8 Å². The summed E-state index contributed by atoms with van der Waals surface area (Å²) in [7, 11) is -1.72. The Hall–Kier alpha value is -0.940. The zero-order valence-electron chi connectivity index (χ0n) is 8.04. The Bertz CT molecular complexity index is 428. The van der Waals surface area contributed by atoms with Crippen LogP contribution in [0.25, 0.3) is 0 Å². The van der Waals surface area contributed by atoms with E-state index in [1.165, 1.54) is 12.1 Å². The van der Waals surface area contributed by atoms with E-state index in [2.05, 4.69) is 5.32 Å². The van der Waals surface area contributed by atoms with E-state index < -0.39 is 15.7 Å². The lowest BCUT2D eigenvalue weighted by Gasteiger charge is -2.03. The molecular weight excluding hydrogens is 205 g/mol. The van der Waals surface area contributed by atoms with Gasteiger partial charge in [0, 0.05) is 12.8 Å². The highest BCUT2D eigenvalue weighted by Gasteiger charge is 2.13. The van der Waals surface area contributed by atoms with Crippen molar-refractivity contribution in [3.05, 3.63) is 29.6 Å². The van der Waals surface area contributed by atoms with E-state index >= 15 is 0 Å². The van der Waals surface area contributed by atoms with E-state index in [0.717, 1.165) is 11.8 Å². The zero-order chi connectivity index (χ0) is 10.8. The van der Waals surface area contributed by atoms with Gasteiger partial charge in [0.2, 0.25) is 0 Å². The molecule has 0 fully saturated rings. The van der Waals surface area contributed by atoms with Gasteiger partial charge in [-0.2, -0.15) is 0 Å². The van der Waals surface area contributed by atoms with Crippen LogP contribution in [0.2, 0.25) is 0 Å². The van der Waals surface area contributed by atoms with Crippen molar-refractivity contribution < 1.29 is 12.8 Å². The summed E-state index contributed by atoms with van der Waals surface area (Å²) >= 11 is 0. The predicted molar refractivity (Wildman–Crippen MR) is 52.3 cm³/mol. The molecule has 14 heavy (non-hydrogen) atoms. The molecule has 0 unspecified atom stereocenters. The molecule has 0 aliphatic carbocycles. The summed E-state index contributed by atoms with van der Waals surface area (Å²) in [5.41, 5.74) is 0.720. The smallest absolute Gasteiger partial charge is 0.178 e. The van der Waals surface area contributed by atoms with E-state index in [1.807, 2.05) is 0 Å². The summed E-state index contributed by atoms with van der Waals surface area (Å²) in [6.07, 6.45) is 0.989. The average molecular weight is 217 g/mol. The van der Waals surface area contributed by atoms with E-state index in [1.54, 1.807) is 13.1 Å². The van der Waals surface area contributed by atoms with E-state index in [-0.39, 0.29) is 4.90 Å². The number of nitrogens with one attached hydrogen (secondary N) is 1. The van der Waals surface area contributed by atoms with Gasteiger partial charge in [-0.15, -0.1) is 0 Å². The Morgan fingerprint density at radius 1 is 1.43 bits per heavy atom. The molecule has 1 aromatic rings. The number of sulfone groups is 1. The first-order valence-electron chi connectivity index (χ1n) is 4.08. The maximum atomic E-state index is 13.3. The molecule has 0 heterocycles. The van der Waals surface area contributed by atoms with Crippen molar-refractivity contribution in [3.63, 3.8) is 0 Å². The largest absolute Gasteiger partial charge is 0.316 e. The number of hydrogen-bond donors (Lipinski definition) is 1. The molecule has 0 aliphatic heterocycles. The molecule has 0 spiro atoms. The number of rotatable bonds is 3. The zero-order valence-corrected chi connectivity index (χ0v) is 8.86. The quantitative estimate of drug-likeness (QED) is 0.820. The van der Waals surface area contributed by atoms with Crippen LogP contribution in [0.1, 0.15) is 5.56 Å². The topological polar surface area (TPSA) is 46.2 Å². The third kappa shape index (κ3) is 2.52. The molecule has 1 N–H and O–H groups in total. The van der Waals surface area contributed by atoms with Crippen molar-refractivity contribution in [2.45, 2.75) is 11.4 Å². The van der Waals surface area contributed by atoms with Crippen LogP contribution < -0.4 is 5.32 Å². The molecule has 1 aromatic carbocycles. The fraction of sp³-hybridized carbons (Fsp3) is 0.333. The highest BCUT2D eigenvalue weighted by atomic mass is 32.2. The minimum Gasteiger partial charge on any atom is -0.316 e. The van der Waals surface area contributed by atoms with Crippen molar-refractivity contribution in [2.24, 2.45) is 0 Å². The van der Waals surface area contributed by atoms with Crippen LogP contribution in [0.4, 0.5) is 4.39 Å². The van der Waals surface area contributed by atoms with Crippen molar-refractivity contribution in [1.29, 1.82) is 0 Å². The first-order chi connectivity index (χ1) is 6.45. The van der Waals surface area contributed by atoms with Gasteiger partial charge in [-0.1, -0.05) is 6.07 Å². The summed E-state index contributed by atoms with van der Waals surface area (Å²) in [5.74, 6) is -0.694. The van der Waals surface area contributed by atoms with Crippen LogP contribution in [-0.4, -0.2) is 21.7 Å². The fourth-order valence-corrected chi connectivity index (χ4v) is 1.89. The van der Waals surface area contributed by atoms with E-state index in [9.17, 15) is 12.8 Å². The number of benzene rings is 1. The molecule has 0 saturated heterocycles. The summed E-state index contributed by atoms with van der Waals surface area (Å²) in [4.78, 5) is -0.252. The van der Waals surface area contributed by atoms with Crippen molar-refractivity contribution in [3.8, 4) is 0 Å². The molecule has 0 aliphatic rings. The van der Waals surface area contributed by atoms with Crippen LogP contribution in [0.3, 0.4) is 0 Å². The van der Waals surface area contributed by atoms with Gasteiger partial charge in [0.05, 0.1) is 0 Å². The lowest BCUT2D eigenvalue weighted by atomic mass is 10.2. The minimum absolute atomic E-state index is 0.252. The highest BCUT2D eigenvalue weighted by molar-refractivity contribution is 7.90. The molecule has 0 bridgehead atoms. The second kappa shape index (κ2) is 4.06. The third-order valence-corrected chi connectivity index (χ3v) is 2.91. The first-order valence-corrected chi connectivity index (χ1v) is 5.97. The highest BCUT2D eigenvalue weighted by Crippen LogP contribution is 2.15. The fourth-order valence-electron chi connectivity index (χ4n) is 1.16. The first kappa shape index (κ1) is 11.1.